The molecule has 1 unspecified atom stereocenters. The van der Waals surface area contributed by atoms with Crippen LogP contribution in [0.25, 0.3) is 0 Å². The largest absolute Gasteiger partial charge is 0.496 e. The fourth-order valence-corrected chi connectivity index (χ4v) is 2.50. The normalized spacial score (nSPS) is 19.4. The first kappa shape index (κ1) is 13.9. The number of rotatable bonds is 3. The van der Waals surface area contributed by atoms with Crippen molar-refractivity contribution in [3.8, 4) is 5.75 Å². The second-order valence-electron chi connectivity index (χ2n) is 5.28. The lowest BCUT2D eigenvalue weighted by Crippen LogP contribution is -2.47. The van der Waals surface area contributed by atoms with Crippen molar-refractivity contribution in [2.24, 2.45) is 0 Å². The van der Waals surface area contributed by atoms with Crippen molar-refractivity contribution in [2.45, 2.75) is 32.7 Å². The van der Waals surface area contributed by atoms with E-state index in [0.29, 0.717) is 12.5 Å². The summed E-state index contributed by atoms with van der Waals surface area (Å²) in [6.07, 6.45) is 0. The molecule has 0 aromatic heterocycles. The van der Waals surface area contributed by atoms with Gasteiger partial charge in [0.1, 0.15) is 11.8 Å². The molecular weight excluding hydrogens is 240 g/mol. The molecule has 1 fully saturated rings. The van der Waals surface area contributed by atoms with Crippen molar-refractivity contribution < 1.29 is 9.53 Å². The summed E-state index contributed by atoms with van der Waals surface area (Å²) in [4.78, 5) is 12.0. The lowest BCUT2D eigenvalue weighted by Gasteiger charge is -2.26. The number of piperazine rings is 1. The summed E-state index contributed by atoms with van der Waals surface area (Å²) in [6.45, 7) is 7.78. The van der Waals surface area contributed by atoms with Crippen molar-refractivity contribution in [1.82, 2.24) is 10.6 Å². The Labute approximate surface area is 114 Å². The minimum atomic E-state index is -0.253. The van der Waals surface area contributed by atoms with E-state index in [1.807, 2.05) is 13.0 Å². The maximum Gasteiger partial charge on any atom is 0.241 e. The van der Waals surface area contributed by atoms with Crippen LogP contribution in [0.4, 0.5) is 0 Å². The van der Waals surface area contributed by atoms with Crippen molar-refractivity contribution in [2.75, 3.05) is 20.2 Å². The number of benzene rings is 1. The Hall–Kier alpha value is -1.55. The number of aryl methyl sites for hydroxylation is 1. The van der Waals surface area contributed by atoms with Crippen LogP contribution in [0.1, 0.15) is 42.5 Å². The number of nitrogens with one attached hydrogen (secondary N) is 2. The van der Waals surface area contributed by atoms with E-state index in [9.17, 15) is 4.79 Å². The van der Waals surface area contributed by atoms with E-state index in [1.54, 1.807) is 7.11 Å². The molecule has 0 spiro atoms. The lowest BCUT2D eigenvalue weighted by atomic mass is 9.92. The van der Waals surface area contributed by atoms with Gasteiger partial charge < -0.3 is 15.4 Å². The molecule has 0 saturated carbocycles. The van der Waals surface area contributed by atoms with Crippen molar-refractivity contribution in [1.29, 1.82) is 0 Å². The standard InChI is InChI=1S/C15H22N2O2/c1-9(2)11-8-12(10(3)7-13(11)19-4)14-15(18)17-6-5-16-14/h7-9,14,16H,5-6H2,1-4H3,(H,17,18). The second kappa shape index (κ2) is 5.61. The summed E-state index contributed by atoms with van der Waals surface area (Å²) in [6, 6.07) is 3.87. The summed E-state index contributed by atoms with van der Waals surface area (Å²) in [5.74, 6) is 1.31. The molecule has 104 valence electrons. The fraction of sp³-hybridized carbons (Fsp3) is 0.533. The highest BCUT2D eigenvalue weighted by Crippen LogP contribution is 2.32. The molecule has 1 aliphatic heterocycles. The molecule has 0 bridgehead atoms. The zero-order valence-corrected chi connectivity index (χ0v) is 12.0. The van der Waals surface area contributed by atoms with Crippen LogP contribution in [0.5, 0.6) is 5.75 Å². The first-order valence-corrected chi connectivity index (χ1v) is 6.74. The molecule has 1 atom stereocenters. The van der Waals surface area contributed by atoms with Crippen LogP contribution in [0.15, 0.2) is 12.1 Å². The van der Waals surface area contributed by atoms with Gasteiger partial charge in [-0.15, -0.1) is 0 Å². The molecular formula is C15H22N2O2. The number of ether oxygens (including phenoxy) is 1. The van der Waals surface area contributed by atoms with Gasteiger partial charge >= 0.3 is 0 Å². The Morgan fingerprint density at radius 3 is 2.63 bits per heavy atom. The highest BCUT2D eigenvalue weighted by Gasteiger charge is 2.26. The predicted octanol–water partition coefficient (Wildman–Crippen LogP) is 1.89. The Morgan fingerprint density at radius 1 is 1.32 bits per heavy atom. The molecule has 1 aliphatic rings. The topological polar surface area (TPSA) is 50.4 Å². The van der Waals surface area contributed by atoms with Gasteiger partial charge in [-0.3, -0.25) is 4.79 Å². The third kappa shape index (κ3) is 2.73. The maximum atomic E-state index is 12.0. The van der Waals surface area contributed by atoms with E-state index in [0.717, 1.165) is 29.0 Å². The summed E-state index contributed by atoms with van der Waals surface area (Å²) < 4.78 is 5.44. The van der Waals surface area contributed by atoms with Crippen LogP contribution in [-0.2, 0) is 4.79 Å². The van der Waals surface area contributed by atoms with Crippen LogP contribution in [0, 0.1) is 6.92 Å². The minimum Gasteiger partial charge on any atom is -0.496 e. The minimum absolute atomic E-state index is 0.0502. The third-order valence-corrected chi connectivity index (χ3v) is 3.59. The van der Waals surface area contributed by atoms with E-state index < -0.39 is 0 Å². The van der Waals surface area contributed by atoms with Gasteiger partial charge in [0, 0.05) is 13.1 Å². The van der Waals surface area contributed by atoms with E-state index in [-0.39, 0.29) is 11.9 Å². The summed E-state index contributed by atoms with van der Waals surface area (Å²) >= 11 is 0. The Kier molecular flexibility index (Phi) is 4.10. The van der Waals surface area contributed by atoms with Crippen molar-refractivity contribution >= 4 is 5.91 Å². The van der Waals surface area contributed by atoms with Crippen LogP contribution < -0.4 is 15.4 Å². The number of hydrogen-bond donors (Lipinski definition) is 2. The van der Waals surface area contributed by atoms with Gasteiger partial charge in [0.25, 0.3) is 0 Å². The molecule has 1 heterocycles. The van der Waals surface area contributed by atoms with Gasteiger partial charge in [0.15, 0.2) is 0 Å². The fourth-order valence-electron chi connectivity index (χ4n) is 2.50. The van der Waals surface area contributed by atoms with Gasteiger partial charge in [-0.2, -0.15) is 0 Å². The zero-order chi connectivity index (χ0) is 14.0. The van der Waals surface area contributed by atoms with Crippen LogP contribution in [0.2, 0.25) is 0 Å². The van der Waals surface area contributed by atoms with Gasteiger partial charge in [-0.25, -0.2) is 0 Å². The molecule has 2 rings (SSSR count). The number of amides is 1. The Balaban J connectivity index is 2.45. The molecule has 4 nitrogen and oxygen atoms in total. The van der Waals surface area contributed by atoms with E-state index >= 15 is 0 Å². The second-order valence-corrected chi connectivity index (χ2v) is 5.28. The van der Waals surface area contributed by atoms with Crippen molar-refractivity contribution in [3.05, 3.63) is 28.8 Å². The molecule has 0 radical (unpaired) electrons. The first-order chi connectivity index (χ1) is 9.04. The summed E-state index contributed by atoms with van der Waals surface area (Å²) in [5.41, 5.74) is 3.26. The van der Waals surface area contributed by atoms with Crippen molar-refractivity contribution in [3.63, 3.8) is 0 Å². The van der Waals surface area contributed by atoms with Gasteiger partial charge in [-0.05, 0) is 41.7 Å². The number of methoxy groups -OCH3 is 1. The number of carbonyl (C=O) groups is 1. The van der Waals surface area contributed by atoms with Crippen LogP contribution in [-0.4, -0.2) is 26.1 Å². The average Bonchev–Trinajstić information content (AvgIpc) is 2.39. The Bertz CT molecular complexity index is 483. The lowest BCUT2D eigenvalue weighted by molar-refractivity contribution is -0.124. The van der Waals surface area contributed by atoms with E-state index in [1.165, 1.54) is 0 Å². The highest BCUT2D eigenvalue weighted by atomic mass is 16.5. The summed E-state index contributed by atoms with van der Waals surface area (Å²) in [5, 5.41) is 6.18. The molecule has 1 saturated heterocycles. The Morgan fingerprint density at radius 2 is 2.05 bits per heavy atom. The van der Waals surface area contributed by atoms with Gasteiger partial charge in [-0.1, -0.05) is 13.8 Å². The summed E-state index contributed by atoms with van der Waals surface area (Å²) in [7, 11) is 1.69. The van der Waals surface area contributed by atoms with Crippen LogP contribution >= 0.6 is 0 Å². The van der Waals surface area contributed by atoms with E-state index in [4.69, 9.17) is 4.74 Å². The smallest absolute Gasteiger partial charge is 0.241 e. The number of hydrogen-bond acceptors (Lipinski definition) is 3. The average molecular weight is 262 g/mol. The molecule has 0 aliphatic carbocycles. The first-order valence-electron chi connectivity index (χ1n) is 6.74. The monoisotopic (exact) mass is 262 g/mol. The maximum absolute atomic E-state index is 12.0. The van der Waals surface area contributed by atoms with Gasteiger partial charge in [0.2, 0.25) is 5.91 Å². The number of carbonyl (C=O) groups excluding carboxylic acids is 1. The zero-order valence-electron chi connectivity index (χ0n) is 12.0. The van der Waals surface area contributed by atoms with Crippen LogP contribution in [0.3, 0.4) is 0 Å². The molecule has 1 aromatic rings. The molecule has 2 N–H and O–H groups in total. The quantitative estimate of drug-likeness (QED) is 0.874. The molecule has 4 heteroatoms. The predicted molar refractivity (Wildman–Crippen MR) is 75.6 cm³/mol. The molecule has 1 aromatic carbocycles. The highest BCUT2D eigenvalue weighted by molar-refractivity contribution is 5.84. The molecule has 19 heavy (non-hydrogen) atoms. The SMILES string of the molecule is COc1cc(C)c(C2NCCNC2=O)cc1C(C)C. The molecule has 1 amide bonds. The van der Waals surface area contributed by atoms with Gasteiger partial charge in [0.05, 0.1) is 7.11 Å². The van der Waals surface area contributed by atoms with E-state index in [2.05, 4.69) is 30.5 Å². The third-order valence-electron chi connectivity index (χ3n) is 3.59.